The quantitative estimate of drug-likeness (QED) is 0.603. The minimum atomic E-state index is 0.277. The molecule has 1 aliphatic heterocycles. The highest BCUT2D eigenvalue weighted by molar-refractivity contribution is 5.76. The van der Waals surface area contributed by atoms with Crippen molar-refractivity contribution in [3.8, 4) is 5.75 Å². The molecule has 4 aliphatic carbocycles. The predicted octanol–water partition coefficient (Wildman–Crippen LogP) is 0.311. The Labute approximate surface area is 181 Å². The molecule has 5 nitrogen and oxygen atoms in total. The lowest BCUT2D eigenvalue weighted by atomic mass is 9.49. The monoisotopic (exact) mass is 413 g/mol. The fourth-order valence-corrected chi connectivity index (χ4v) is 7.42. The number of carbonyl (C=O) groups is 1. The first-order chi connectivity index (χ1) is 14.6. The minimum Gasteiger partial charge on any atom is -0.497 e. The van der Waals surface area contributed by atoms with Crippen LogP contribution < -0.4 is 19.9 Å². The zero-order chi connectivity index (χ0) is 20.6. The third-order valence-corrected chi connectivity index (χ3v) is 8.51. The van der Waals surface area contributed by atoms with Gasteiger partial charge in [0, 0.05) is 12.1 Å². The molecule has 5 fully saturated rings. The third-order valence-electron chi connectivity index (χ3n) is 8.51. The highest BCUT2D eigenvalue weighted by atomic mass is 16.5. The van der Waals surface area contributed by atoms with Gasteiger partial charge in [0.1, 0.15) is 38.5 Å². The van der Waals surface area contributed by atoms with E-state index in [4.69, 9.17) is 4.74 Å². The van der Waals surface area contributed by atoms with Gasteiger partial charge in [0.25, 0.3) is 5.91 Å². The third kappa shape index (κ3) is 4.52. The van der Waals surface area contributed by atoms with Crippen LogP contribution >= 0.6 is 0 Å². The molecule has 5 heteroatoms. The average molecular weight is 414 g/mol. The lowest BCUT2D eigenvalue weighted by Crippen LogP contribution is -3.28. The Morgan fingerprint density at radius 1 is 0.967 bits per heavy atom. The molecule has 5 aliphatic rings. The van der Waals surface area contributed by atoms with E-state index in [9.17, 15) is 4.79 Å². The second kappa shape index (κ2) is 8.51. The molecule has 4 bridgehead atoms. The summed E-state index contributed by atoms with van der Waals surface area (Å²) in [6.45, 7) is 7.13. The summed E-state index contributed by atoms with van der Waals surface area (Å²) in [7, 11) is 1.71. The Morgan fingerprint density at radius 2 is 1.53 bits per heavy atom. The fourth-order valence-electron chi connectivity index (χ4n) is 7.42. The lowest BCUT2D eigenvalue weighted by Gasteiger charge is -2.56. The summed E-state index contributed by atoms with van der Waals surface area (Å²) >= 11 is 0. The molecule has 0 aromatic heterocycles. The number of piperazine rings is 1. The second-order valence-corrected chi connectivity index (χ2v) is 10.9. The van der Waals surface area contributed by atoms with Crippen molar-refractivity contribution in [2.24, 2.45) is 23.2 Å². The van der Waals surface area contributed by atoms with Crippen molar-refractivity contribution in [2.75, 3.05) is 46.4 Å². The van der Waals surface area contributed by atoms with E-state index in [2.05, 4.69) is 17.4 Å². The maximum absolute atomic E-state index is 12.7. The van der Waals surface area contributed by atoms with Gasteiger partial charge in [-0.3, -0.25) is 4.79 Å². The Kier molecular flexibility index (Phi) is 5.76. The smallest absolute Gasteiger partial charge is 0.275 e. The van der Waals surface area contributed by atoms with Crippen LogP contribution in [0.1, 0.15) is 44.1 Å². The molecule has 164 valence electrons. The van der Waals surface area contributed by atoms with Gasteiger partial charge in [-0.2, -0.15) is 0 Å². The van der Waals surface area contributed by atoms with Crippen molar-refractivity contribution in [1.82, 2.24) is 5.32 Å². The fraction of sp³-hybridized carbons (Fsp3) is 0.720. The number of amides is 1. The number of hydrogen-bond acceptors (Lipinski definition) is 2. The highest BCUT2D eigenvalue weighted by Crippen LogP contribution is 2.59. The van der Waals surface area contributed by atoms with E-state index >= 15 is 0 Å². The molecule has 6 rings (SSSR count). The van der Waals surface area contributed by atoms with E-state index in [1.165, 1.54) is 49.0 Å². The summed E-state index contributed by atoms with van der Waals surface area (Å²) < 4.78 is 5.25. The predicted molar refractivity (Wildman–Crippen MR) is 117 cm³/mol. The molecule has 3 N–H and O–H groups in total. The molecule has 4 saturated carbocycles. The zero-order valence-corrected chi connectivity index (χ0v) is 18.6. The molecular weight excluding hydrogens is 374 g/mol. The molecule has 0 unspecified atom stereocenters. The highest BCUT2D eigenvalue weighted by Gasteiger charge is 2.50. The summed E-state index contributed by atoms with van der Waals surface area (Å²) in [4.78, 5) is 15.8. The van der Waals surface area contributed by atoms with Crippen molar-refractivity contribution in [1.29, 1.82) is 0 Å². The Morgan fingerprint density at radius 3 is 2.10 bits per heavy atom. The molecule has 1 aromatic carbocycles. The van der Waals surface area contributed by atoms with Crippen molar-refractivity contribution in [2.45, 2.75) is 45.1 Å². The van der Waals surface area contributed by atoms with Crippen LogP contribution in [0, 0.1) is 23.2 Å². The zero-order valence-electron chi connectivity index (χ0n) is 18.6. The van der Waals surface area contributed by atoms with Crippen molar-refractivity contribution in [3.05, 3.63) is 29.8 Å². The number of methoxy groups -OCH3 is 1. The summed E-state index contributed by atoms with van der Waals surface area (Å²) in [5.41, 5.74) is 1.81. The van der Waals surface area contributed by atoms with Gasteiger partial charge in [-0.05, 0) is 86.0 Å². The molecular formula is C25H39N3O2+2. The summed E-state index contributed by atoms with van der Waals surface area (Å²) in [5.74, 6) is 4.07. The largest absolute Gasteiger partial charge is 0.497 e. The SMILES string of the molecule is COc1ccc(C[NH+]2CC[NH+](CC(=O)NCC34CC5CC(CC(C5)C3)C4)CC2)cc1. The number of ether oxygens (including phenoxy) is 1. The van der Waals surface area contributed by atoms with Gasteiger partial charge in [-0.15, -0.1) is 0 Å². The summed E-state index contributed by atoms with van der Waals surface area (Å²) in [6.07, 6.45) is 8.54. The number of quaternary nitrogens is 2. The normalized spacial score (nSPS) is 37.2. The van der Waals surface area contributed by atoms with Crippen molar-refractivity contribution < 1.29 is 19.3 Å². The van der Waals surface area contributed by atoms with Gasteiger partial charge >= 0.3 is 0 Å². The van der Waals surface area contributed by atoms with E-state index in [-0.39, 0.29) is 5.91 Å². The standard InChI is InChI=1S/C25H37N3O2/c1-30-23-4-2-19(3-5-23)16-27-6-8-28(9-7-27)17-24(29)26-18-25-13-20-10-21(14-25)12-22(11-20)15-25/h2-5,20-22H,6-18H2,1H3,(H,26,29)/p+2. The van der Waals surface area contributed by atoms with Gasteiger partial charge in [0.2, 0.25) is 0 Å². The van der Waals surface area contributed by atoms with Crippen LogP contribution in [-0.2, 0) is 11.3 Å². The number of benzene rings is 1. The van der Waals surface area contributed by atoms with Gasteiger partial charge in [0.15, 0.2) is 6.54 Å². The molecule has 0 spiro atoms. The van der Waals surface area contributed by atoms with Crippen LogP contribution in [-0.4, -0.2) is 52.3 Å². The average Bonchev–Trinajstić information content (AvgIpc) is 2.73. The van der Waals surface area contributed by atoms with Gasteiger partial charge in [-0.25, -0.2) is 0 Å². The van der Waals surface area contributed by atoms with Crippen LogP contribution in [0.25, 0.3) is 0 Å². The first-order valence-corrected chi connectivity index (χ1v) is 12.2. The van der Waals surface area contributed by atoms with Crippen LogP contribution in [0.2, 0.25) is 0 Å². The maximum Gasteiger partial charge on any atom is 0.275 e. The Hall–Kier alpha value is -1.59. The Balaban J connectivity index is 1.04. The van der Waals surface area contributed by atoms with Crippen LogP contribution in [0.5, 0.6) is 5.75 Å². The molecule has 1 saturated heterocycles. The maximum atomic E-state index is 12.7. The summed E-state index contributed by atoms with van der Waals surface area (Å²) in [5, 5.41) is 3.37. The molecule has 30 heavy (non-hydrogen) atoms. The van der Waals surface area contributed by atoms with Crippen LogP contribution in [0.4, 0.5) is 0 Å². The lowest BCUT2D eigenvalue weighted by molar-refractivity contribution is -1.02. The van der Waals surface area contributed by atoms with Gasteiger partial charge in [-0.1, -0.05) is 0 Å². The first-order valence-electron chi connectivity index (χ1n) is 12.2. The van der Waals surface area contributed by atoms with Gasteiger partial charge in [0.05, 0.1) is 7.11 Å². The minimum absolute atomic E-state index is 0.277. The van der Waals surface area contributed by atoms with E-state index < -0.39 is 0 Å². The van der Waals surface area contributed by atoms with Crippen molar-refractivity contribution in [3.63, 3.8) is 0 Å². The molecule has 1 heterocycles. The number of carbonyl (C=O) groups excluding carboxylic acids is 1. The molecule has 0 atom stereocenters. The first kappa shape index (κ1) is 20.3. The van der Waals surface area contributed by atoms with E-state index in [1.807, 2.05) is 12.1 Å². The van der Waals surface area contributed by atoms with Gasteiger partial charge < -0.3 is 19.9 Å². The van der Waals surface area contributed by atoms with E-state index in [1.54, 1.807) is 12.0 Å². The van der Waals surface area contributed by atoms with E-state index in [0.717, 1.165) is 62.8 Å². The van der Waals surface area contributed by atoms with E-state index in [0.29, 0.717) is 12.0 Å². The molecule has 1 aromatic rings. The Bertz CT molecular complexity index is 704. The number of nitrogens with one attached hydrogen (secondary N) is 3. The topological polar surface area (TPSA) is 47.2 Å². The van der Waals surface area contributed by atoms with Crippen molar-refractivity contribution >= 4 is 5.91 Å². The molecule has 0 radical (unpaired) electrons. The summed E-state index contributed by atoms with van der Waals surface area (Å²) in [6, 6.07) is 8.43. The van der Waals surface area contributed by atoms with Crippen LogP contribution in [0.15, 0.2) is 24.3 Å². The number of hydrogen-bond donors (Lipinski definition) is 3. The second-order valence-electron chi connectivity index (χ2n) is 10.9. The van der Waals surface area contributed by atoms with Crippen LogP contribution in [0.3, 0.4) is 0 Å². The number of rotatable bonds is 7. The molecule has 1 amide bonds.